The summed E-state index contributed by atoms with van der Waals surface area (Å²) in [4.78, 5) is 0. The second-order valence-electron chi connectivity index (χ2n) is 3.42. The van der Waals surface area contributed by atoms with Crippen molar-refractivity contribution in [2.24, 2.45) is 5.73 Å². The summed E-state index contributed by atoms with van der Waals surface area (Å²) < 4.78 is 62.4. The molecule has 9 heteroatoms. The van der Waals surface area contributed by atoms with Crippen LogP contribution in [0.4, 0.5) is 22.0 Å². The number of nitrogens with two attached hydrogens (primary N) is 1. The zero-order valence-electron chi connectivity index (χ0n) is 8.40. The SMILES string of the molecule is N[C@H](c1c(O)cc(Cl)cc1Cl)C(F)(F)C(F)(F)F. The zero-order valence-corrected chi connectivity index (χ0v) is 9.91. The molecule has 0 amide bonds. The van der Waals surface area contributed by atoms with Crippen LogP contribution in [0.1, 0.15) is 11.6 Å². The summed E-state index contributed by atoms with van der Waals surface area (Å²) in [5.74, 6) is -6.16. The van der Waals surface area contributed by atoms with Crippen LogP contribution >= 0.6 is 23.2 Å². The van der Waals surface area contributed by atoms with Gasteiger partial charge in [0.25, 0.3) is 0 Å². The van der Waals surface area contributed by atoms with Crippen molar-refractivity contribution in [1.29, 1.82) is 0 Å². The van der Waals surface area contributed by atoms with Crippen LogP contribution in [-0.4, -0.2) is 17.2 Å². The fourth-order valence-electron chi connectivity index (χ4n) is 1.24. The molecule has 1 aromatic rings. The molecule has 0 heterocycles. The van der Waals surface area contributed by atoms with E-state index in [2.05, 4.69) is 0 Å². The van der Waals surface area contributed by atoms with Gasteiger partial charge in [-0.3, -0.25) is 0 Å². The number of phenols is 1. The lowest BCUT2D eigenvalue weighted by molar-refractivity contribution is -0.291. The molecule has 0 aliphatic rings. The lowest BCUT2D eigenvalue weighted by atomic mass is 10.00. The van der Waals surface area contributed by atoms with E-state index < -0.39 is 34.5 Å². The molecule has 3 N–H and O–H groups in total. The van der Waals surface area contributed by atoms with Gasteiger partial charge in [0.15, 0.2) is 0 Å². The molecule has 2 nitrogen and oxygen atoms in total. The highest BCUT2D eigenvalue weighted by Gasteiger charge is 2.62. The molecule has 0 unspecified atom stereocenters. The van der Waals surface area contributed by atoms with Crippen molar-refractivity contribution in [3.63, 3.8) is 0 Å². The van der Waals surface area contributed by atoms with Crippen LogP contribution in [0.25, 0.3) is 0 Å². The maximum Gasteiger partial charge on any atom is 0.455 e. The highest BCUT2D eigenvalue weighted by atomic mass is 35.5. The quantitative estimate of drug-likeness (QED) is 0.814. The lowest BCUT2D eigenvalue weighted by Crippen LogP contribution is -2.46. The molecule has 0 aromatic heterocycles. The van der Waals surface area contributed by atoms with Crippen LogP contribution in [0.5, 0.6) is 5.75 Å². The van der Waals surface area contributed by atoms with Crippen molar-refractivity contribution < 1.29 is 27.1 Å². The lowest BCUT2D eigenvalue weighted by Gasteiger charge is -2.27. The van der Waals surface area contributed by atoms with E-state index in [9.17, 15) is 27.1 Å². The molecule has 0 fully saturated rings. The van der Waals surface area contributed by atoms with Gasteiger partial charge in [-0.2, -0.15) is 22.0 Å². The third-order valence-corrected chi connectivity index (χ3v) is 2.68. The zero-order chi connectivity index (χ0) is 14.3. The summed E-state index contributed by atoms with van der Waals surface area (Å²) >= 11 is 10.9. The van der Waals surface area contributed by atoms with E-state index in [0.717, 1.165) is 12.1 Å². The number of halogens is 7. The van der Waals surface area contributed by atoms with E-state index >= 15 is 0 Å². The Balaban J connectivity index is 3.32. The minimum Gasteiger partial charge on any atom is -0.507 e. The molecule has 1 atom stereocenters. The van der Waals surface area contributed by atoms with Crippen LogP contribution in [0.2, 0.25) is 10.0 Å². The average molecular weight is 310 g/mol. The Morgan fingerprint density at radius 1 is 1.11 bits per heavy atom. The number of alkyl halides is 5. The van der Waals surface area contributed by atoms with Gasteiger partial charge in [0, 0.05) is 10.6 Å². The molecule has 0 aliphatic heterocycles. The van der Waals surface area contributed by atoms with Crippen LogP contribution in [0.15, 0.2) is 12.1 Å². The van der Waals surface area contributed by atoms with Crippen molar-refractivity contribution >= 4 is 23.2 Å². The van der Waals surface area contributed by atoms with Crippen molar-refractivity contribution in [3.8, 4) is 5.75 Å². The number of phenolic OH excluding ortho intramolecular Hbond substituents is 1. The highest BCUT2D eigenvalue weighted by molar-refractivity contribution is 6.35. The first-order valence-corrected chi connectivity index (χ1v) is 5.12. The normalized spacial score (nSPS) is 14.7. The summed E-state index contributed by atoms with van der Waals surface area (Å²) in [6, 6.07) is -1.15. The topological polar surface area (TPSA) is 46.2 Å². The molecular weight excluding hydrogens is 304 g/mol. The summed E-state index contributed by atoms with van der Waals surface area (Å²) in [5.41, 5.74) is 3.94. The molecule has 0 radical (unpaired) electrons. The van der Waals surface area contributed by atoms with Crippen LogP contribution in [-0.2, 0) is 0 Å². The molecular formula is C9H6Cl2F5NO. The Bertz CT molecular complexity index is 440. The standard InChI is InChI=1S/C9H6Cl2F5NO/c10-3-1-4(11)6(5(18)2-3)7(17)8(12,13)9(14,15)16/h1-2,7,18H,17H2/t7-/m1/s1. The first-order valence-electron chi connectivity index (χ1n) is 4.36. The Kier molecular flexibility index (Phi) is 4.00. The van der Waals surface area contributed by atoms with E-state index in [0.29, 0.717) is 0 Å². The summed E-state index contributed by atoms with van der Waals surface area (Å²) in [5, 5.41) is 8.63. The molecule has 1 aromatic carbocycles. The second-order valence-corrected chi connectivity index (χ2v) is 4.26. The first-order chi connectivity index (χ1) is 7.98. The van der Waals surface area contributed by atoms with E-state index in [1.54, 1.807) is 0 Å². The van der Waals surface area contributed by atoms with Gasteiger partial charge in [0.1, 0.15) is 11.8 Å². The Hall–Kier alpha value is -0.790. The Labute approximate surface area is 108 Å². The summed E-state index contributed by atoms with van der Waals surface area (Å²) in [7, 11) is 0. The Morgan fingerprint density at radius 2 is 1.61 bits per heavy atom. The van der Waals surface area contributed by atoms with Gasteiger partial charge in [-0.25, -0.2) is 0 Å². The predicted octanol–water partition coefficient (Wildman–Crippen LogP) is 3.90. The van der Waals surface area contributed by atoms with Gasteiger partial charge in [0.05, 0.1) is 5.02 Å². The van der Waals surface area contributed by atoms with E-state index in [-0.39, 0.29) is 5.02 Å². The van der Waals surface area contributed by atoms with E-state index in [1.807, 2.05) is 0 Å². The van der Waals surface area contributed by atoms with Gasteiger partial charge < -0.3 is 10.8 Å². The highest BCUT2D eigenvalue weighted by Crippen LogP contribution is 2.47. The molecule has 102 valence electrons. The third-order valence-electron chi connectivity index (χ3n) is 2.15. The minimum atomic E-state index is -5.86. The monoisotopic (exact) mass is 309 g/mol. The summed E-state index contributed by atoms with van der Waals surface area (Å²) in [6.07, 6.45) is -5.86. The number of rotatable bonds is 2. The van der Waals surface area contributed by atoms with Crippen molar-refractivity contribution in [3.05, 3.63) is 27.7 Å². The molecule has 0 spiro atoms. The van der Waals surface area contributed by atoms with Crippen molar-refractivity contribution in [2.45, 2.75) is 18.1 Å². The molecule has 0 aliphatic carbocycles. The third kappa shape index (κ3) is 2.62. The van der Waals surface area contributed by atoms with E-state index in [1.165, 1.54) is 0 Å². The van der Waals surface area contributed by atoms with Gasteiger partial charge in [-0.15, -0.1) is 0 Å². The number of hydrogen-bond donors (Lipinski definition) is 2. The smallest absolute Gasteiger partial charge is 0.455 e. The van der Waals surface area contributed by atoms with Gasteiger partial charge in [-0.1, -0.05) is 23.2 Å². The first kappa shape index (κ1) is 15.3. The molecule has 0 saturated carbocycles. The minimum absolute atomic E-state index is 0.122. The molecule has 1 rings (SSSR count). The Morgan fingerprint density at radius 3 is 2.00 bits per heavy atom. The maximum atomic E-state index is 13.0. The van der Waals surface area contributed by atoms with Gasteiger partial charge in [-0.05, 0) is 12.1 Å². The largest absolute Gasteiger partial charge is 0.507 e. The number of hydrogen-bond acceptors (Lipinski definition) is 2. The molecule has 0 bridgehead atoms. The van der Waals surface area contributed by atoms with Gasteiger partial charge >= 0.3 is 12.1 Å². The van der Waals surface area contributed by atoms with Crippen molar-refractivity contribution in [1.82, 2.24) is 0 Å². The maximum absolute atomic E-state index is 13.0. The average Bonchev–Trinajstić information content (AvgIpc) is 2.13. The fourth-order valence-corrected chi connectivity index (χ4v) is 1.84. The number of benzene rings is 1. The number of aromatic hydroxyl groups is 1. The predicted molar refractivity (Wildman–Crippen MR) is 56.1 cm³/mol. The fraction of sp³-hybridized carbons (Fsp3) is 0.333. The molecule has 0 saturated heterocycles. The van der Waals surface area contributed by atoms with Crippen molar-refractivity contribution in [2.75, 3.05) is 0 Å². The molecule has 18 heavy (non-hydrogen) atoms. The van der Waals surface area contributed by atoms with Gasteiger partial charge in [0.2, 0.25) is 0 Å². The second kappa shape index (κ2) is 4.71. The van der Waals surface area contributed by atoms with Crippen LogP contribution in [0, 0.1) is 0 Å². The van der Waals surface area contributed by atoms with Crippen LogP contribution in [0.3, 0.4) is 0 Å². The van der Waals surface area contributed by atoms with Crippen LogP contribution < -0.4 is 5.73 Å². The summed E-state index contributed by atoms with van der Waals surface area (Å²) in [6.45, 7) is 0. The van der Waals surface area contributed by atoms with E-state index in [4.69, 9.17) is 28.9 Å².